The number of nitrogens with zero attached hydrogens (tertiary/aromatic N) is 1. The van der Waals surface area contributed by atoms with Gasteiger partial charge >= 0.3 is 12.1 Å². The van der Waals surface area contributed by atoms with Crippen LogP contribution in [-0.4, -0.2) is 28.7 Å². The Morgan fingerprint density at radius 2 is 1.93 bits per heavy atom. The Morgan fingerprint density at radius 3 is 2.46 bits per heavy atom. The van der Waals surface area contributed by atoms with Crippen LogP contribution in [0.5, 0.6) is 5.75 Å². The van der Waals surface area contributed by atoms with Gasteiger partial charge < -0.3 is 9.84 Å². The van der Waals surface area contributed by atoms with Gasteiger partial charge in [-0.1, -0.05) is 0 Å². The van der Waals surface area contributed by atoms with Gasteiger partial charge in [-0.05, 0) is 30.7 Å². The van der Waals surface area contributed by atoms with Crippen molar-refractivity contribution in [2.24, 2.45) is 0 Å². The molecule has 148 valence electrons. The summed E-state index contributed by atoms with van der Waals surface area (Å²) in [6.07, 6.45) is -5.04. The summed E-state index contributed by atoms with van der Waals surface area (Å²) in [5, 5.41) is 9.44. The van der Waals surface area contributed by atoms with Crippen LogP contribution >= 0.6 is 11.3 Å². The molecule has 0 saturated carbocycles. The quantitative estimate of drug-likeness (QED) is 0.638. The molecule has 2 heterocycles. The maximum atomic E-state index is 14.2. The molecular weight excluding hydrogens is 402 g/mol. The van der Waals surface area contributed by atoms with Crippen LogP contribution in [-0.2, 0) is 17.4 Å². The Labute approximate surface area is 159 Å². The lowest BCUT2D eigenvalue weighted by Crippen LogP contribution is -2.13. The molecule has 0 saturated heterocycles. The lowest BCUT2D eigenvalue weighted by Gasteiger charge is -2.07. The minimum absolute atomic E-state index is 0.0546. The number of halogens is 4. The van der Waals surface area contributed by atoms with E-state index >= 15 is 0 Å². The van der Waals surface area contributed by atoms with Crippen LogP contribution in [0.4, 0.5) is 17.6 Å². The number of aromatic nitrogens is 1. The molecule has 0 aliphatic heterocycles. The van der Waals surface area contributed by atoms with E-state index in [0.717, 1.165) is 22.8 Å². The second-order valence-corrected chi connectivity index (χ2v) is 7.02. The third-order valence-electron chi connectivity index (χ3n) is 4.24. The van der Waals surface area contributed by atoms with Gasteiger partial charge in [-0.3, -0.25) is 14.2 Å². The standard InChI is InChI=1S/C18H13F4NO4S/c1-8-9(6-16(24)25)10-5-13(27-2)11(19)7-12(10)23(8)17(26)14-3-4-15(28-14)18(20,21)22/h3-5,7H,6H2,1-2H3,(H,24,25). The zero-order valence-electron chi connectivity index (χ0n) is 14.6. The predicted molar refractivity (Wildman–Crippen MR) is 93.6 cm³/mol. The Kier molecular flexibility index (Phi) is 4.92. The number of thiophene rings is 1. The molecule has 0 aliphatic rings. The number of ether oxygens (including phenoxy) is 1. The highest BCUT2D eigenvalue weighted by Crippen LogP contribution is 2.37. The molecule has 1 aromatic carbocycles. The smallest absolute Gasteiger partial charge is 0.425 e. The average molecular weight is 415 g/mol. The highest BCUT2D eigenvalue weighted by molar-refractivity contribution is 7.14. The first-order valence-corrected chi connectivity index (χ1v) is 8.67. The van der Waals surface area contributed by atoms with Gasteiger partial charge in [-0.25, -0.2) is 4.39 Å². The zero-order valence-corrected chi connectivity index (χ0v) is 15.4. The van der Waals surface area contributed by atoms with Gasteiger partial charge in [0.05, 0.1) is 23.9 Å². The Balaban J connectivity index is 2.23. The van der Waals surface area contributed by atoms with Crippen LogP contribution in [0.25, 0.3) is 10.9 Å². The summed E-state index contributed by atoms with van der Waals surface area (Å²) in [6.45, 7) is 1.46. The highest BCUT2D eigenvalue weighted by Gasteiger charge is 2.34. The summed E-state index contributed by atoms with van der Waals surface area (Å²) < 4.78 is 58.7. The summed E-state index contributed by atoms with van der Waals surface area (Å²) in [7, 11) is 1.24. The van der Waals surface area contributed by atoms with Crippen molar-refractivity contribution in [2.45, 2.75) is 19.5 Å². The van der Waals surface area contributed by atoms with Crippen molar-refractivity contribution in [3.8, 4) is 5.75 Å². The minimum Gasteiger partial charge on any atom is -0.494 e. The fourth-order valence-electron chi connectivity index (χ4n) is 2.99. The number of fused-ring (bicyclic) bond motifs is 1. The first kappa shape index (κ1) is 19.9. The number of carboxylic acid groups (broad SMARTS) is 1. The van der Waals surface area contributed by atoms with Crippen molar-refractivity contribution in [1.82, 2.24) is 4.57 Å². The van der Waals surface area contributed by atoms with E-state index in [-0.39, 0.29) is 44.1 Å². The lowest BCUT2D eigenvalue weighted by molar-refractivity contribution is -0.136. The normalized spacial score (nSPS) is 11.8. The number of methoxy groups -OCH3 is 1. The average Bonchev–Trinajstić information content (AvgIpc) is 3.18. The SMILES string of the molecule is COc1cc2c(CC(=O)O)c(C)n(C(=O)c3ccc(C(F)(F)F)s3)c2cc1F. The summed E-state index contributed by atoms with van der Waals surface area (Å²) in [5.41, 5.74) is 0.512. The Bertz CT molecular complexity index is 1100. The van der Waals surface area contributed by atoms with Crippen molar-refractivity contribution in [2.75, 3.05) is 7.11 Å². The monoisotopic (exact) mass is 415 g/mol. The van der Waals surface area contributed by atoms with E-state index < -0.39 is 35.2 Å². The van der Waals surface area contributed by atoms with E-state index in [1.807, 2.05) is 0 Å². The first-order valence-electron chi connectivity index (χ1n) is 7.85. The van der Waals surface area contributed by atoms with Gasteiger partial charge in [0.1, 0.15) is 4.88 Å². The van der Waals surface area contributed by atoms with Gasteiger partial charge in [0.25, 0.3) is 5.91 Å². The van der Waals surface area contributed by atoms with Crippen LogP contribution in [0.2, 0.25) is 0 Å². The molecule has 0 spiro atoms. The molecular formula is C18H13F4NO4S. The van der Waals surface area contributed by atoms with Crippen LogP contribution < -0.4 is 4.74 Å². The topological polar surface area (TPSA) is 68.5 Å². The summed E-state index contributed by atoms with van der Waals surface area (Å²) in [5.74, 6) is -2.90. The number of rotatable bonds is 4. The molecule has 0 amide bonds. The van der Waals surface area contributed by atoms with Crippen molar-refractivity contribution in [3.05, 3.63) is 51.1 Å². The van der Waals surface area contributed by atoms with Crippen LogP contribution in [0, 0.1) is 12.7 Å². The number of carbonyl (C=O) groups is 2. The van der Waals surface area contributed by atoms with Gasteiger partial charge in [0.15, 0.2) is 11.6 Å². The number of aliphatic carboxylic acids is 1. The molecule has 0 atom stereocenters. The number of alkyl halides is 3. The van der Waals surface area contributed by atoms with E-state index in [1.165, 1.54) is 20.1 Å². The summed E-state index contributed by atoms with van der Waals surface area (Å²) in [6, 6.07) is 4.11. The molecule has 0 bridgehead atoms. The van der Waals surface area contributed by atoms with E-state index in [0.29, 0.717) is 0 Å². The number of carboxylic acids is 1. The molecule has 5 nitrogen and oxygen atoms in total. The largest absolute Gasteiger partial charge is 0.494 e. The van der Waals surface area contributed by atoms with Gasteiger partial charge in [-0.15, -0.1) is 11.3 Å². The molecule has 0 unspecified atom stereocenters. The third kappa shape index (κ3) is 3.35. The van der Waals surface area contributed by atoms with Crippen molar-refractivity contribution in [3.63, 3.8) is 0 Å². The van der Waals surface area contributed by atoms with E-state index in [9.17, 15) is 27.2 Å². The first-order chi connectivity index (χ1) is 13.0. The summed E-state index contributed by atoms with van der Waals surface area (Å²) in [4.78, 5) is 23.0. The number of carbonyl (C=O) groups excluding carboxylic acids is 1. The van der Waals surface area contributed by atoms with Gasteiger partial charge in [-0.2, -0.15) is 13.2 Å². The van der Waals surface area contributed by atoms with Crippen LogP contribution in [0.3, 0.4) is 0 Å². The molecule has 2 aromatic heterocycles. The number of hydrogen-bond acceptors (Lipinski definition) is 4. The Morgan fingerprint density at radius 1 is 1.25 bits per heavy atom. The van der Waals surface area contributed by atoms with Crippen molar-refractivity contribution in [1.29, 1.82) is 0 Å². The molecule has 0 radical (unpaired) electrons. The minimum atomic E-state index is -4.59. The van der Waals surface area contributed by atoms with E-state index in [2.05, 4.69) is 0 Å². The van der Waals surface area contributed by atoms with Crippen LogP contribution in [0.15, 0.2) is 24.3 Å². The Hall–Kier alpha value is -2.88. The molecule has 10 heteroatoms. The zero-order chi connectivity index (χ0) is 20.8. The third-order valence-corrected chi connectivity index (χ3v) is 5.35. The predicted octanol–water partition coefficient (Wildman–Crippen LogP) is 4.49. The highest BCUT2D eigenvalue weighted by atomic mass is 32.1. The summed E-state index contributed by atoms with van der Waals surface area (Å²) >= 11 is 0.265. The van der Waals surface area contributed by atoms with Gasteiger partial charge in [0, 0.05) is 17.1 Å². The van der Waals surface area contributed by atoms with Crippen molar-refractivity contribution >= 4 is 34.1 Å². The number of benzene rings is 1. The van der Waals surface area contributed by atoms with E-state index in [1.54, 1.807) is 0 Å². The molecule has 0 fully saturated rings. The fraction of sp³-hybridized carbons (Fsp3) is 0.222. The molecule has 0 aliphatic carbocycles. The van der Waals surface area contributed by atoms with Crippen LogP contribution in [0.1, 0.15) is 25.8 Å². The maximum Gasteiger partial charge on any atom is 0.425 e. The second kappa shape index (κ2) is 6.93. The van der Waals surface area contributed by atoms with E-state index in [4.69, 9.17) is 9.84 Å². The molecule has 28 heavy (non-hydrogen) atoms. The molecule has 3 aromatic rings. The van der Waals surface area contributed by atoms with Crippen molar-refractivity contribution < 1.29 is 37.0 Å². The fourth-order valence-corrected chi connectivity index (χ4v) is 3.79. The lowest BCUT2D eigenvalue weighted by atomic mass is 10.1. The second-order valence-electron chi connectivity index (χ2n) is 5.94. The number of hydrogen-bond donors (Lipinski definition) is 1. The van der Waals surface area contributed by atoms with Gasteiger partial charge in [0.2, 0.25) is 0 Å². The maximum absolute atomic E-state index is 14.2. The molecule has 1 N–H and O–H groups in total. The molecule has 3 rings (SSSR count).